The van der Waals surface area contributed by atoms with E-state index in [0.29, 0.717) is 12.8 Å². The summed E-state index contributed by atoms with van der Waals surface area (Å²) in [6.45, 7) is 13.3. The molecule has 1 aliphatic carbocycles. The fourth-order valence-electron chi connectivity index (χ4n) is 6.07. The number of rotatable bonds is 12. The molecule has 3 aromatic carbocycles. The maximum absolute atomic E-state index is 13.4. The number of esters is 1. The molecule has 3 atom stereocenters. The summed E-state index contributed by atoms with van der Waals surface area (Å²) in [6, 6.07) is 28.8. The molecular weight excluding hydrogens is 759 g/mol. The van der Waals surface area contributed by atoms with Crippen LogP contribution in [0.3, 0.4) is 0 Å². The Kier molecular flexibility index (Phi) is 12.5. The molecule has 4 rings (SSSR count). The van der Waals surface area contributed by atoms with Crippen molar-refractivity contribution in [2.24, 2.45) is 11.8 Å². The van der Waals surface area contributed by atoms with E-state index in [0.717, 1.165) is 6.42 Å². The molecule has 1 fully saturated rings. The number of aliphatic carboxylic acids is 1. The molecule has 48 heavy (non-hydrogen) atoms. The summed E-state index contributed by atoms with van der Waals surface area (Å²) >= 11 is -0.699. The van der Waals surface area contributed by atoms with E-state index >= 15 is 0 Å². The van der Waals surface area contributed by atoms with Gasteiger partial charge in [0.1, 0.15) is 0 Å². The SMILES string of the molecule is CC(C)(C)c1ccc(S([I-]C2CCC(C(=O)O)C(C(=O)OCCCCS(=O)(=O)O)C2)(c2ccccc2)c2ccc(C(C)(C)C)cc2)cc1. The minimum atomic E-state index is -4.09. The van der Waals surface area contributed by atoms with Gasteiger partial charge in [-0.3, -0.25) is 0 Å². The summed E-state index contributed by atoms with van der Waals surface area (Å²) in [7, 11) is -5.84. The number of hydrogen-bond acceptors (Lipinski definition) is 5. The van der Waals surface area contributed by atoms with Gasteiger partial charge in [0.15, 0.2) is 0 Å². The van der Waals surface area contributed by atoms with Gasteiger partial charge in [-0.25, -0.2) is 0 Å². The molecule has 3 unspecified atom stereocenters. The summed E-state index contributed by atoms with van der Waals surface area (Å²) in [6.07, 6.45) is 1.99. The number of ether oxygens (including phenoxy) is 1. The predicted octanol–water partition coefficient (Wildman–Crippen LogP) is 5.65. The number of benzene rings is 3. The van der Waals surface area contributed by atoms with Gasteiger partial charge in [0.25, 0.3) is 0 Å². The summed E-state index contributed by atoms with van der Waals surface area (Å²) in [5.41, 5.74) is 2.52. The number of halogens is 1. The maximum atomic E-state index is 13.4. The van der Waals surface area contributed by atoms with Crippen molar-refractivity contribution in [3.63, 3.8) is 0 Å². The molecule has 264 valence electrons. The first-order chi connectivity index (χ1) is 22.4. The Morgan fingerprint density at radius 3 is 1.71 bits per heavy atom. The van der Waals surface area contributed by atoms with Crippen LogP contribution >= 0.6 is 7.20 Å². The molecule has 1 aliphatic rings. The summed E-state index contributed by atoms with van der Waals surface area (Å²) in [5.74, 6) is -3.53. The van der Waals surface area contributed by atoms with Crippen molar-refractivity contribution in [3.8, 4) is 0 Å². The molecule has 7 nitrogen and oxygen atoms in total. The molecule has 0 bridgehead atoms. The van der Waals surface area contributed by atoms with E-state index in [1.54, 1.807) is 0 Å². The Hall–Kier alpha value is -2.41. The van der Waals surface area contributed by atoms with E-state index in [9.17, 15) is 23.1 Å². The molecule has 1 saturated carbocycles. The number of carbonyl (C=O) groups excluding carboxylic acids is 1. The molecule has 0 heterocycles. The van der Waals surface area contributed by atoms with Crippen LogP contribution in [-0.4, -0.2) is 46.3 Å². The van der Waals surface area contributed by atoms with Crippen LogP contribution in [0.15, 0.2) is 93.5 Å². The number of unbranched alkanes of at least 4 members (excludes halogenated alkanes) is 1. The van der Waals surface area contributed by atoms with Crippen molar-refractivity contribution in [1.29, 1.82) is 0 Å². The molecule has 0 amide bonds. The standard InChI is InChI=1S/C38H50IO7S2/c1-37(2,3)27-14-19-31(20-15-27)48(30-12-8-7-9-13-30,32-21-16-28(17-22-32)38(4,5)6)39-29-18-23-33(35(40)41)34(26-29)36(42)46-24-10-11-25-47(43,44)45/h7-9,12-17,19-22,29,33-34H,10-11,18,23-26H2,1-6H3,(H,40,41)(H,43,44,45)/q-1. The first-order valence-corrected chi connectivity index (χ1v) is 23.5. The van der Waals surface area contributed by atoms with E-state index in [4.69, 9.17) is 9.29 Å². The summed E-state index contributed by atoms with van der Waals surface area (Å²) in [4.78, 5) is 29.6. The van der Waals surface area contributed by atoms with Crippen molar-refractivity contribution in [1.82, 2.24) is 0 Å². The van der Waals surface area contributed by atoms with Crippen molar-refractivity contribution < 1.29 is 52.2 Å². The van der Waals surface area contributed by atoms with Crippen LogP contribution in [0.25, 0.3) is 0 Å². The van der Waals surface area contributed by atoms with Crippen molar-refractivity contribution >= 4 is 29.3 Å². The van der Waals surface area contributed by atoms with Crippen LogP contribution in [0.5, 0.6) is 0 Å². The number of carboxylic acids is 1. The van der Waals surface area contributed by atoms with E-state index in [1.807, 2.05) is 6.07 Å². The van der Waals surface area contributed by atoms with Crippen LogP contribution in [-0.2, 0) is 35.3 Å². The van der Waals surface area contributed by atoms with E-state index in [-0.39, 0.29) is 34.2 Å². The van der Waals surface area contributed by atoms with Crippen LogP contribution in [0.2, 0.25) is 0 Å². The van der Waals surface area contributed by atoms with Crippen LogP contribution in [0.4, 0.5) is 0 Å². The molecule has 0 saturated heterocycles. The Labute approximate surface area is 297 Å². The molecule has 10 heteroatoms. The summed E-state index contributed by atoms with van der Waals surface area (Å²) < 4.78 is 36.8. The zero-order chi connectivity index (χ0) is 35.3. The molecule has 0 radical (unpaired) electrons. The zero-order valence-corrected chi connectivity index (χ0v) is 32.6. The Balaban J connectivity index is 1.75. The second kappa shape index (κ2) is 15.6. The van der Waals surface area contributed by atoms with Crippen molar-refractivity contribution in [2.75, 3.05) is 12.4 Å². The third-order valence-electron chi connectivity index (χ3n) is 8.87. The molecule has 0 aliphatic heterocycles. The average Bonchev–Trinajstić information content (AvgIpc) is 3.02. The number of hydrogen-bond donors (Lipinski definition) is 2. The van der Waals surface area contributed by atoms with Crippen molar-refractivity contribution in [3.05, 3.63) is 90.0 Å². The molecule has 0 aromatic heterocycles. The van der Waals surface area contributed by atoms with Gasteiger partial charge in [0.2, 0.25) is 0 Å². The Morgan fingerprint density at radius 2 is 1.25 bits per heavy atom. The third kappa shape index (κ3) is 9.63. The molecule has 0 spiro atoms. The molecule has 3 aromatic rings. The van der Waals surface area contributed by atoms with E-state index in [2.05, 4.69) is 114 Å². The quantitative estimate of drug-likeness (QED) is 0.0800. The topological polar surface area (TPSA) is 118 Å². The average molecular weight is 810 g/mol. The Morgan fingerprint density at radius 1 is 0.750 bits per heavy atom. The van der Waals surface area contributed by atoms with Crippen LogP contribution < -0.4 is 19.8 Å². The fraction of sp³-hybridized carbons (Fsp3) is 0.474. The second-order valence-electron chi connectivity index (χ2n) is 14.6. The van der Waals surface area contributed by atoms with Gasteiger partial charge in [0, 0.05) is 0 Å². The van der Waals surface area contributed by atoms with Crippen LogP contribution in [0, 0.1) is 11.8 Å². The summed E-state index contributed by atoms with van der Waals surface area (Å²) in [5, 5.41) is 10.1. The third-order valence-corrected chi connectivity index (χ3v) is 23.1. The number of carbonyl (C=O) groups is 2. The van der Waals surface area contributed by atoms with Gasteiger partial charge in [-0.2, -0.15) is 0 Å². The molecular formula is C38H50IO7S2-. The zero-order valence-electron chi connectivity index (χ0n) is 28.8. The van der Waals surface area contributed by atoms with Gasteiger partial charge < -0.3 is 0 Å². The van der Waals surface area contributed by atoms with E-state index < -0.39 is 66.7 Å². The van der Waals surface area contributed by atoms with E-state index in [1.165, 1.54) is 25.8 Å². The first kappa shape index (κ1) is 38.4. The van der Waals surface area contributed by atoms with Gasteiger partial charge in [0.05, 0.1) is 0 Å². The Bertz CT molecular complexity index is 1580. The van der Waals surface area contributed by atoms with Crippen LogP contribution in [0.1, 0.15) is 84.8 Å². The monoisotopic (exact) mass is 809 g/mol. The second-order valence-corrected chi connectivity index (χ2v) is 26.1. The minimum absolute atomic E-state index is 0.00181. The van der Waals surface area contributed by atoms with Gasteiger partial charge in [-0.05, 0) is 0 Å². The normalized spacial score (nSPS) is 19.5. The number of carboxylic acid groups (broad SMARTS) is 1. The first-order valence-electron chi connectivity index (χ1n) is 16.5. The molecule has 2 N–H and O–H groups in total. The van der Waals surface area contributed by atoms with Crippen molar-refractivity contribution in [2.45, 2.75) is 103 Å². The number of alkyl halides is 1. The van der Waals surface area contributed by atoms with Gasteiger partial charge in [-0.15, -0.1) is 0 Å². The fourth-order valence-corrected chi connectivity index (χ4v) is 20.7. The van der Waals surface area contributed by atoms with Gasteiger partial charge in [-0.1, -0.05) is 0 Å². The predicted molar refractivity (Wildman–Crippen MR) is 188 cm³/mol. The van der Waals surface area contributed by atoms with Gasteiger partial charge >= 0.3 is 299 Å².